The first-order chi connectivity index (χ1) is 6.70. The van der Waals surface area contributed by atoms with Crippen LogP contribution in [0.3, 0.4) is 0 Å². The Morgan fingerprint density at radius 3 is 2.79 bits per heavy atom. The van der Waals surface area contributed by atoms with Gasteiger partial charge in [-0.15, -0.1) is 0 Å². The predicted octanol–water partition coefficient (Wildman–Crippen LogP) is 1.16. The molecule has 0 aromatic carbocycles. The fraction of sp³-hybridized carbons (Fsp3) is 0.727. The van der Waals surface area contributed by atoms with Crippen molar-refractivity contribution in [2.24, 2.45) is 5.92 Å². The smallest absolute Gasteiger partial charge is 0.0913 e. The predicted molar refractivity (Wildman–Crippen MR) is 55.6 cm³/mol. The lowest BCUT2D eigenvalue weighted by atomic mass is 9.93. The third-order valence-corrected chi connectivity index (χ3v) is 2.90. The van der Waals surface area contributed by atoms with Crippen molar-refractivity contribution in [3.8, 4) is 6.07 Å². The second-order valence-electron chi connectivity index (χ2n) is 3.86. The second-order valence-corrected chi connectivity index (χ2v) is 3.86. The highest BCUT2D eigenvalue weighted by Crippen LogP contribution is 2.24. The normalized spacial score (nSPS) is 27.7. The Morgan fingerprint density at radius 1 is 1.64 bits per heavy atom. The Kier molecular flexibility index (Phi) is 4.12. The highest BCUT2D eigenvalue weighted by atomic mass is 16.3. The van der Waals surface area contributed by atoms with Crippen LogP contribution in [-0.2, 0) is 0 Å². The van der Waals surface area contributed by atoms with Crippen molar-refractivity contribution < 1.29 is 5.11 Å². The molecule has 0 aliphatic carbocycles. The van der Waals surface area contributed by atoms with Crippen molar-refractivity contribution in [3.05, 3.63) is 12.2 Å². The van der Waals surface area contributed by atoms with Gasteiger partial charge in [0.1, 0.15) is 0 Å². The van der Waals surface area contributed by atoms with Crippen LogP contribution in [0.4, 0.5) is 0 Å². The fourth-order valence-corrected chi connectivity index (χ4v) is 2.10. The average Bonchev–Trinajstić information content (AvgIpc) is 2.54. The second kappa shape index (κ2) is 5.14. The maximum absolute atomic E-state index is 9.75. The van der Waals surface area contributed by atoms with Crippen LogP contribution in [0.5, 0.6) is 0 Å². The summed E-state index contributed by atoms with van der Waals surface area (Å²) in [6.07, 6.45) is 5.01. The molecule has 0 aromatic rings. The fourth-order valence-electron chi connectivity index (χ4n) is 2.10. The molecule has 0 bridgehead atoms. The molecule has 3 heteroatoms. The Morgan fingerprint density at radius 2 is 2.36 bits per heavy atom. The van der Waals surface area contributed by atoms with Gasteiger partial charge in [0.25, 0.3) is 0 Å². The van der Waals surface area contributed by atoms with Crippen LogP contribution in [0.1, 0.15) is 19.8 Å². The molecule has 1 fully saturated rings. The molecule has 1 rings (SSSR count). The summed E-state index contributed by atoms with van der Waals surface area (Å²) < 4.78 is 0. The van der Waals surface area contributed by atoms with Crippen molar-refractivity contribution in [2.45, 2.75) is 31.9 Å². The topological polar surface area (TPSA) is 47.3 Å². The zero-order valence-corrected chi connectivity index (χ0v) is 8.85. The standard InChI is InChI=1S/C11H18N2O/c1-3-5-11(14)9(8-12)10-6-4-7-13(10)2/h3,5,9-11,14H,4,6-7H2,1-2H3/b5-3+/t9?,10-,11?/m0/s1. The molecule has 0 aromatic heterocycles. The molecule has 0 radical (unpaired) electrons. The minimum absolute atomic E-state index is 0.214. The number of hydrogen-bond donors (Lipinski definition) is 1. The zero-order valence-electron chi connectivity index (χ0n) is 8.85. The van der Waals surface area contributed by atoms with Crippen molar-refractivity contribution in [3.63, 3.8) is 0 Å². The van der Waals surface area contributed by atoms with E-state index in [-0.39, 0.29) is 12.0 Å². The van der Waals surface area contributed by atoms with Crippen molar-refractivity contribution in [2.75, 3.05) is 13.6 Å². The summed E-state index contributed by atoms with van der Waals surface area (Å²) in [7, 11) is 2.02. The molecule has 0 amide bonds. The highest BCUT2D eigenvalue weighted by molar-refractivity contribution is 5.05. The Balaban J connectivity index is 2.66. The molecule has 1 aliphatic rings. The van der Waals surface area contributed by atoms with Gasteiger partial charge in [0.05, 0.1) is 18.1 Å². The van der Waals surface area contributed by atoms with Gasteiger partial charge in [0.2, 0.25) is 0 Å². The Hall–Kier alpha value is -0.850. The van der Waals surface area contributed by atoms with Gasteiger partial charge in [-0.05, 0) is 33.4 Å². The van der Waals surface area contributed by atoms with E-state index >= 15 is 0 Å². The van der Waals surface area contributed by atoms with E-state index in [1.54, 1.807) is 12.2 Å². The molecule has 0 saturated carbocycles. The third-order valence-electron chi connectivity index (χ3n) is 2.90. The molecule has 1 N–H and O–H groups in total. The van der Waals surface area contributed by atoms with Crippen LogP contribution in [0, 0.1) is 17.2 Å². The molecule has 1 heterocycles. The van der Waals surface area contributed by atoms with Crippen LogP contribution < -0.4 is 0 Å². The SMILES string of the molecule is C/C=C/C(O)C(C#N)[C@@H]1CCCN1C. The van der Waals surface area contributed by atoms with Crippen LogP contribution in [0.2, 0.25) is 0 Å². The van der Waals surface area contributed by atoms with E-state index in [0.29, 0.717) is 0 Å². The molecule has 14 heavy (non-hydrogen) atoms. The minimum atomic E-state index is -0.629. The maximum atomic E-state index is 9.75. The van der Waals surface area contributed by atoms with Gasteiger partial charge >= 0.3 is 0 Å². The lowest BCUT2D eigenvalue weighted by molar-refractivity contribution is 0.125. The monoisotopic (exact) mass is 194 g/mol. The lowest BCUT2D eigenvalue weighted by Crippen LogP contribution is -2.37. The lowest BCUT2D eigenvalue weighted by Gasteiger charge is -2.26. The quantitative estimate of drug-likeness (QED) is 0.686. The Bertz CT molecular complexity index is 244. The van der Waals surface area contributed by atoms with Gasteiger partial charge in [-0.1, -0.05) is 12.2 Å². The molecular formula is C11H18N2O. The number of hydrogen-bond acceptors (Lipinski definition) is 3. The van der Waals surface area contributed by atoms with Crippen LogP contribution in [0.25, 0.3) is 0 Å². The van der Waals surface area contributed by atoms with Crippen LogP contribution in [0.15, 0.2) is 12.2 Å². The first-order valence-electron chi connectivity index (χ1n) is 5.11. The first kappa shape index (κ1) is 11.2. The number of nitrogens with zero attached hydrogens (tertiary/aromatic N) is 2. The summed E-state index contributed by atoms with van der Waals surface area (Å²) in [5.41, 5.74) is 0. The van der Waals surface area contributed by atoms with Crippen molar-refractivity contribution >= 4 is 0 Å². The van der Waals surface area contributed by atoms with Crippen LogP contribution >= 0.6 is 0 Å². The van der Waals surface area contributed by atoms with Crippen molar-refractivity contribution in [1.82, 2.24) is 4.90 Å². The molecule has 78 valence electrons. The van der Waals surface area contributed by atoms with Gasteiger partial charge in [-0.3, -0.25) is 0 Å². The third kappa shape index (κ3) is 2.34. The largest absolute Gasteiger partial charge is 0.388 e. The molecule has 1 saturated heterocycles. The zero-order chi connectivity index (χ0) is 10.6. The summed E-state index contributed by atoms with van der Waals surface area (Å²) in [4.78, 5) is 2.17. The Labute approximate surface area is 85.6 Å². The van der Waals surface area contributed by atoms with Crippen LogP contribution in [-0.4, -0.2) is 35.7 Å². The molecule has 3 nitrogen and oxygen atoms in total. The molecule has 1 aliphatic heterocycles. The molecule has 3 atom stereocenters. The summed E-state index contributed by atoms with van der Waals surface area (Å²) in [6, 6.07) is 2.43. The van der Waals surface area contributed by atoms with E-state index in [9.17, 15) is 5.11 Å². The molecular weight excluding hydrogens is 176 g/mol. The number of nitriles is 1. The van der Waals surface area contributed by atoms with Gasteiger partial charge in [-0.2, -0.15) is 5.26 Å². The summed E-state index contributed by atoms with van der Waals surface area (Å²) in [5.74, 6) is -0.293. The number of likely N-dealkylation sites (tertiary alicyclic amines) is 1. The van der Waals surface area contributed by atoms with Gasteiger partial charge in [0, 0.05) is 6.04 Å². The van der Waals surface area contributed by atoms with E-state index in [1.807, 2.05) is 14.0 Å². The molecule has 2 unspecified atom stereocenters. The van der Waals surface area contributed by atoms with E-state index in [0.717, 1.165) is 19.4 Å². The minimum Gasteiger partial charge on any atom is -0.388 e. The van der Waals surface area contributed by atoms with E-state index in [4.69, 9.17) is 5.26 Å². The highest BCUT2D eigenvalue weighted by Gasteiger charge is 2.32. The number of aliphatic hydroxyl groups is 1. The summed E-state index contributed by atoms with van der Waals surface area (Å²) >= 11 is 0. The van der Waals surface area contributed by atoms with E-state index < -0.39 is 6.10 Å². The van der Waals surface area contributed by atoms with Crippen molar-refractivity contribution in [1.29, 1.82) is 5.26 Å². The summed E-state index contributed by atoms with van der Waals surface area (Å²) in [6.45, 7) is 2.89. The van der Waals surface area contributed by atoms with E-state index in [1.165, 1.54) is 0 Å². The average molecular weight is 194 g/mol. The number of rotatable bonds is 3. The van der Waals surface area contributed by atoms with Gasteiger partial charge in [-0.25, -0.2) is 0 Å². The van der Waals surface area contributed by atoms with Gasteiger partial charge < -0.3 is 10.0 Å². The molecule has 0 spiro atoms. The first-order valence-corrected chi connectivity index (χ1v) is 5.11. The number of aliphatic hydroxyl groups excluding tert-OH is 1. The number of allylic oxidation sites excluding steroid dienone is 1. The summed E-state index contributed by atoms with van der Waals surface area (Å²) in [5, 5.41) is 18.8. The maximum Gasteiger partial charge on any atom is 0.0913 e. The van der Waals surface area contributed by atoms with Gasteiger partial charge in [0.15, 0.2) is 0 Å². The van der Waals surface area contributed by atoms with E-state index in [2.05, 4.69) is 11.0 Å².